The van der Waals surface area contributed by atoms with Crippen molar-refractivity contribution in [3.63, 3.8) is 0 Å². The first-order chi connectivity index (χ1) is 17.1. The molecule has 204 valence electrons. The summed E-state index contributed by atoms with van der Waals surface area (Å²) in [6, 6.07) is 0. The number of amides is 5. The quantitative estimate of drug-likeness (QED) is 0.0910. The Balaban J connectivity index is 4.68. The van der Waals surface area contributed by atoms with Gasteiger partial charge in [-0.25, -0.2) is 0 Å². The number of hydrogen-bond acceptors (Lipinski definition) is 11. The van der Waals surface area contributed by atoms with Crippen LogP contribution in [0.5, 0.6) is 0 Å². The van der Waals surface area contributed by atoms with Crippen molar-refractivity contribution >= 4 is 41.5 Å². The standard InChI is InChI=1S/C20H35N7O9/c1-21-7-14(28)25-9-18(32)27(13-20(34)36-4)11-16(30)24-6-5-23-15(29)10-26(12-19(33)35-3)17(31)8-22-2/h21-22H,5-13H2,1-4H3,(H,23,29)(H,24,30)(H,25,28). The van der Waals surface area contributed by atoms with Crippen LogP contribution in [-0.2, 0) is 43.0 Å². The molecule has 0 radical (unpaired) electrons. The SMILES string of the molecule is CNCC(=O)NCC(=O)N(CC(=O)NCCNC(=O)CN(CC(=O)OC)C(=O)CNC)CC(=O)OC. The third kappa shape index (κ3) is 14.5. The molecule has 0 unspecified atom stereocenters. The number of rotatable bonds is 17. The van der Waals surface area contributed by atoms with Crippen LogP contribution >= 0.6 is 0 Å². The van der Waals surface area contributed by atoms with E-state index in [1.165, 1.54) is 7.05 Å². The predicted molar refractivity (Wildman–Crippen MR) is 124 cm³/mol. The summed E-state index contributed by atoms with van der Waals surface area (Å²) in [5.74, 6) is -4.24. The molecule has 36 heavy (non-hydrogen) atoms. The summed E-state index contributed by atoms with van der Waals surface area (Å²) in [4.78, 5) is 85.3. The fraction of sp³-hybridized carbons (Fsp3) is 0.650. The first kappa shape index (κ1) is 32.2. The highest BCUT2D eigenvalue weighted by molar-refractivity contribution is 5.91. The molecule has 0 rings (SSSR count). The molecule has 0 aromatic heterocycles. The van der Waals surface area contributed by atoms with E-state index in [0.717, 1.165) is 24.0 Å². The molecule has 0 aromatic carbocycles. The minimum Gasteiger partial charge on any atom is -0.468 e. The van der Waals surface area contributed by atoms with Gasteiger partial charge in [0.15, 0.2) is 0 Å². The van der Waals surface area contributed by atoms with Gasteiger partial charge in [0.25, 0.3) is 0 Å². The maximum atomic E-state index is 12.3. The minimum atomic E-state index is -0.755. The number of ether oxygens (including phenoxy) is 2. The molecule has 5 N–H and O–H groups in total. The third-order valence-electron chi connectivity index (χ3n) is 4.34. The molecule has 0 saturated heterocycles. The van der Waals surface area contributed by atoms with Crippen molar-refractivity contribution in [2.45, 2.75) is 0 Å². The molecule has 16 nitrogen and oxygen atoms in total. The molecule has 0 spiro atoms. The Kier molecular flexibility index (Phi) is 16.6. The van der Waals surface area contributed by atoms with E-state index >= 15 is 0 Å². The molecule has 0 bridgehead atoms. The average molecular weight is 518 g/mol. The maximum absolute atomic E-state index is 12.3. The van der Waals surface area contributed by atoms with E-state index in [1.54, 1.807) is 7.05 Å². The van der Waals surface area contributed by atoms with Crippen molar-refractivity contribution in [2.75, 3.05) is 87.2 Å². The summed E-state index contributed by atoms with van der Waals surface area (Å²) in [5.41, 5.74) is 0. The summed E-state index contributed by atoms with van der Waals surface area (Å²) >= 11 is 0. The lowest BCUT2D eigenvalue weighted by molar-refractivity contribution is -0.148. The van der Waals surface area contributed by atoms with Crippen molar-refractivity contribution in [3.8, 4) is 0 Å². The molecule has 0 heterocycles. The second-order valence-electron chi connectivity index (χ2n) is 7.19. The van der Waals surface area contributed by atoms with Crippen LogP contribution in [0.1, 0.15) is 0 Å². The van der Waals surface area contributed by atoms with Gasteiger partial charge >= 0.3 is 11.9 Å². The Morgan fingerprint density at radius 1 is 0.556 bits per heavy atom. The van der Waals surface area contributed by atoms with Crippen molar-refractivity contribution in [2.24, 2.45) is 0 Å². The van der Waals surface area contributed by atoms with Gasteiger partial charge in [0.05, 0.1) is 33.9 Å². The van der Waals surface area contributed by atoms with Crippen LogP contribution in [0.3, 0.4) is 0 Å². The van der Waals surface area contributed by atoms with Crippen molar-refractivity contribution in [1.29, 1.82) is 0 Å². The van der Waals surface area contributed by atoms with Gasteiger partial charge in [-0.3, -0.25) is 33.6 Å². The van der Waals surface area contributed by atoms with E-state index in [9.17, 15) is 33.6 Å². The molecular weight excluding hydrogens is 482 g/mol. The lowest BCUT2D eigenvalue weighted by atomic mass is 10.4. The monoisotopic (exact) mass is 517 g/mol. The first-order valence-corrected chi connectivity index (χ1v) is 10.9. The van der Waals surface area contributed by atoms with Gasteiger partial charge < -0.3 is 45.9 Å². The van der Waals surface area contributed by atoms with Gasteiger partial charge in [-0.05, 0) is 14.1 Å². The second-order valence-corrected chi connectivity index (χ2v) is 7.19. The van der Waals surface area contributed by atoms with E-state index in [-0.39, 0.29) is 26.2 Å². The van der Waals surface area contributed by atoms with Gasteiger partial charge in [0.1, 0.15) is 26.2 Å². The van der Waals surface area contributed by atoms with Crippen LogP contribution in [0.4, 0.5) is 0 Å². The first-order valence-electron chi connectivity index (χ1n) is 10.9. The van der Waals surface area contributed by atoms with Crippen LogP contribution < -0.4 is 26.6 Å². The number of nitrogens with one attached hydrogen (secondary N) is 5. The molecule has 0 aromatic rings. The molecule has 0 aliphatic heterocycles. The zero-order valence-electron chi connectivity index (χ0n) is 20.9. The smallest absolute Gasteiger partial charge is 0.325 e. The van der Waals surface area contributed by atoms with E-state index in [0.29, 0.717) is 0 Å². The third-order valence-corrected chi connectivity index (χ3v) is 4.34. The number of carbonyl (C=O) groups is 7. The number of methoxy groups -OCH3 is 2. The van der Waals surface area contributed by atoms with Crippen molar-refractivity contribution in [1.82, 2.24) is 36.4 Å². The summed E-state index contributed by atoms with van der Waals surface area (Å²) in [5, 5.41) is 12.6. The zero-order valence-corrected chi connectivity index (χ0v) is 20.9. The van der Waals surface area contributed by atoms with E-state index in [2.05, 4.69) is 36.1 Å². The lowest BCUT2D eigenvalue weighted by Crippen LogP contribution is -2.49. The molecule has 0 saturated carbocycles. The lowest BCUT2D eigenvalue weighted by Gasteiger charge is -2.22. The summed E-state index contributed by atoms with van der Waals surface area (Å²) < 4.78 is 9.05. The Hall–Kier alpha value is -3.79. The second kappa shape index (κ2) is 18.5. The van der Waals surface area contributed by atoms with E-state index in [4.69, 9.17) is 0 Å². The number of carbonyl (C=O) groups excluding carboxylic acids is 7. The number of likely N-dealkylation sites (N-methyl/N-ethyl adjacent to an activating group) is 2. The maximum Gasteiger partial charge on any atom is 0.325 e. The van der Waals surface area contributed by atoms with Gasteiger partial charge in [-0.15, -0.1) is 0 Å². The van der Waals surface area contributed by atoms with Crippen molar-refractivity contribution in [3.05, 3.63) is 0 Å². The number of esters is 2. The highest BCUT2D eigenvalue weighted by Crippen LogP contribution is 1.93. The fourth-order valence-electron chi connectivity index (χ4n) is 2.54. The van der Waals surface area contributed by atoms with Crippen LogP contribution in [0.25, 0.3) is 0 Å². The molecule has 0 fully saturated rings. The molecular formula is C20H35N7O9. The Morgan fingerprint density at radius 2 is 0.972 bits per heavy atom. The predicted octanol–water partition coefficient (Wildman–Crippen LogP) is -5.22. The Bertz CT molecular complexity index is 791. The average Bonchev–Trinajstić information content (AvgIpc) is 2.84. The van der Waals surface area contributed by atoms with Crippen LogP contribution in [0.15, 0.2) is 0 Å². The van der Waals surface area contributed by atoms with Gasteiger partial charge in [-0.1, -0.05) is 0 Å². The molecule has 0 aliphatic rings. The number of nitrogens with zero attached hydrogens (tertiary/aromatic N) is 2. The summed E-state index contributed by atoms with van der Waals surface area (Å²) in [7, 11) is 5.38. The normalized spacial score (nSPS) is 10.0. The van der Waals surface area contributed by atoms with Gasteiger partial charge in [-0.2, -0.15) is 0 Å². The van der Waals surface area contributed by atoms with Crippen LogP contribution in [0, 0.1) is 0 Å². The summed E-state index contributed by atoms with van der Waals surface area (Å²) in [6.07, 6.45) is 0. The van der Waals surface area contributed by atoms with Crippen molar-refractivity contribution < 1.29 is 43.0 Å². The Labute approximate surface area is 208 Å². The van der Waals surface area contributed by atoms with Gasteiger partial charge in [0.2, 0.25) is 29.5 Å². The molecule has 16 heteroatoms. The van der Waals surface area contributed by atoms with E-state index in [1.807, 2.05) is 0 Å². The van der Waals surface area contributed by atoms with Crippen LogP contribution in [0.2, 0.25) is 0 Å². The highest BCUT2D eigenvalue weighted by atomic mass is 16.5. The minimum absolute atomic E-state index is 0.0120. The largest absolute Gasteiger partial charge is 0.468 e. The topological polar surface area (TPSA) is 205 Å². The summed E-state index contributed by atoms with van der Waals surface area (Å²) in [6.45, 7) is -2.35. The van der Waals surface area contributed by atoms with E-state index < -0.39 is 74.2 Å². The Morgan fingerprint density at radius 3 is 1.36 bits per heavy atom. The molecule has 0 atom stereocenters. The fourth-order valence-corrected chi connectivity index (χ4v) is 2.54. The zero-order chi connectivity index (χ0) is 27.5. The van der Waals surface area contributed by atoms with Gasteiger partial charge in [0, 0.05) is 13.1 Å². The highest BCUT2D eigenvalue weighted by Gasteiger charge is 2.22. The number of hydrogen-bond donors (Lipinski definition) is 5. The van der Waals surface area contributed by atoms with Crippen LogP contribution in [-0.4, -0.2) is 138 Å². The molecule has 5 amide bonds. The molecule has 0 aliphatic carbocycles.